The van der Waals surface area contributed by atoms with Gasteiger partial charge in [0.15, 0.2) is 11.5 Å². The van der Waals surface area contributed by atoms with Crippen LogP contribution in [0.4, 0.5) is 0 Å². The molecule has 0 aliphatic heterocycles. The Morgan fingerprint density at radius 3 is 2.68 bits per heavy atom. The fourth-order valence-electron chi connectivity index (χ4n) is 2.11. The predicted octanol–water partition coefficient (Wildman–Crippen LogP) is 1.67. The Labute approximate surface area is 112 Å². The zero-order valence-corrected chi connectivity index (χ0v) is 11.1. The normalized spacial score (nSPS) is 15.9. The minimum Gasteiger partial charge on any atom is -0.493 e. The first-order chi connectivity index (χ1) is 9.08. The maximum Gasteiger partial charge on any atom is 0.161 e. The average molecular weight is 264 g/mol. The lowest BCUT2D eigenvalue weighted by molar-refractivity contribution is 0.227. The van der Waals surface area contributed by atoms with Crippen LogP contribution >= 0.6 is 0 Å². The SMILES string of the molecule is COc1cc(CO)ccc1OCC1(CC(=N)N)CC1. The highest BCUT2D eigenvalue weighted by molar-refractivity contribution is 5.78. The lowest BCUT2D eigenvalue weighted by Gasteiger charge is -2.17. The summed E-state index contributed by atoms with van der Waals surface area (Å²) < 4.78 is 11.0. The molecule has 0 unspecified atom stereocenters. The molecule has 5 nitrogen and oxygen atoms in total. The molecule has 104 valence electrons. The van der Waals surface area contributed by atoms with Crippen LogP contribution in [0.25, 0.3) is 0 Å². The van der Waals surface area contributed by atoms with Crippen LogP contribution in [-0.2, 0) is 6.61 Å². The number of nitrogens with two attached hydrogens (primary N) is 1. The molecule has 0 saturated heterocycles. The van der Waals surface area contributed by atoms with Crippen molar-refractivity contribution in [3.8, 4) is 11.5 Å². The predicted molar refractivity (Wildman–Crippen MR) is 72.6 cm³/mol. The second-order valence-corrected chi connectivity index (χ2v) is 5.13. The van der Waals surface area contributed by atoms with Crippen LogP contribution in [0.3, 0.4) is 0 Å². The summed E-state index contributed by atoms with van der Waals surface area (Å²) in [6.07, 6.45) is 2.68. The van der Waals surface area contributed by atoms with Gasteiger partial charge < -0.3 is 20.3 Å². The number of amidine groups is 1. The summed E-state index contributed by atoms with van der Waals surface area (Å²) in [6, 6.07) is 5.37. The Bertz CT molecular complexity index is 470. The molecule has 0 aromatic heterocycles. The molecular weight excluding hydrogens is 244 g/mol. The van der Waals surface area contributed by atoms with Crippen molar-refractivity contribution < 1.29 is 14.6 Å². The Morgan fingerprint density at radius 1 is 1.42 bits per heavy atom. The maximum atomic E-state index is 9.08. The molecular formula is C14H20N2O3. The number of aliphatic hydroxyl groups is 1. The summed E-state index contributed by atoms with van der Waals surface area (Å²) in [5.41, 5.74) is 6.28. The van der Waals surface area contributed by atoms with E-state index in [4.69, 9.17) is 25.7 Å². The number of rotatable bonds is 7. The fraction of sp³-hybridized carbons (Fsp3) is 0.500. The molecule has 1 aliphatic carbocycles. The molecule has 1 saturated carbocycles. The number of aliphatic hydroxyl groups excluding tert-OH is 1. The Morgan fingerprint density at radius 2 is 2.16 bits per heavy atom. The van der Waals surface area contributed by atoms with Gasteiger partial charge in [-0.2, -0.15) is 0 Å². The molecule has 0 bridgehead atoms. The van der Waals surface area contributed by atoms with E-state index in [1.54, 1.807) is 19.2 Å². The molecule has 0 amide bonds. The number of hydrogen-bond acceptors (Lipinski definition) is 4. The van der Waals surface area contributed by atoms with E-state index in [0.717, 1.165) is 18.4 Å². The van der Waals surface area contributed by atoms with Gasteiger partial charge in [0.1, 0.15) is 0 Å². The molecule has 1 aromatic rings. The monoisotopic (exact) mass is 264 g/mol. The number of ether oxygens (including phenoxy) is 2. The summed E-state index contributed by atoms with van der Waals surface area (Å²) >= 11 is 0. The van der Waals surface area contributed by atoms with Gasteiger partial charge in [0, 0.05) is 11.8 Å². The van der Waals surface area contributed by atoms with Gasteiger partial charge in [0.05, 0.1) is 26.2 Å². The Balaban J connectivity index is 2.01. The molecule has 5 heteroatoms. The zero-order chi connectivity index (χ0) is 13.9. The van der Waals surface area contributed by atoms with Crippen LogP contribution in [0, 0.1) is 10.8 Å². The van der Waals surface area contributed by atoms with E-state index in [1.807, 2.05) is 6.07 Å². The van der Waals surface area contributed by atoms with E-state index in [0.29, 0.717) is 24.5 Å². The molecule has 1 fully saturated rings. The topological polar surface area (TPSA) is 88.6 Å². The van der Waals surface area contributed by atoms with Crippen LogP contribution < -0.4 is 15.2 Å². The van der Waals surface area contributed by atoms with E-state index >= 15 is 0 Å². The van der Waals surface area contributed by atoms with Crippen molar-refractivity contribution in [1.82, 2.24) is 0 Å². The average Bonchev–Trinajstić information content (AvgIpc) is 3.15. The number of hydrogen-bond donors (Lipinski definition) is 3. The lowest BCUT2D eigenvalue weighted by Crippen LogP contribution is -2.21. The van der Waals surface area contributed by atoms with Gasteiger partial charge in [-0.1, -0.05) is 6.07 Å². The van der Waals surface area contributed by atoms with Gasteiger partial charge in [-0.25, -0.2) is 0 Å². The molecule has 0 spiro atoms. The van der Waals surface area contributed by atoms with Crippen molar-refractivity contribution in [3.63, 3.8) is 0 Å². The highest BCUT2D eigenvalue weighted by Gasteiger charge is 2.44. The van der Waals surface area contributed by atoms with Crippen molar-refractivity contribution >= 4 is 5.84 Å². The minimum atomic E-state index is -0.0229. The number of methoxy groups -OCH3 is 1. The van der Waals surface area contributed by atoms with Gasteiger partial charge in [0.2, 0.25) is 0 Å². The summed E-state index contributed by atoms with van der Waals surface area (Å²) in [5.74, 6) is 1.49. The van der Waals surface area contributed by atoms with Crippen molar-refractivity contribution in [1.29, 1.82) is 5.41 Å². The second-order valence-electron chi connectivity index (χ2n) is 5.13. The van der Waals surface area contributed by atoms with Crippen LogP contribution in [-0.4, -0.2) is 24.7 Å². The van der Waals surface area contributed by atoms with Gasteiger partial charge in [-0.05, 0) is 30.5 Å². The molecule has 1 aromatic carbocycles. The Hall–Kier alpha value is -1.75. The number of benzene rings is 1. The third kappa shape index (κ3) is 3.38. The van der Waals surface area contributed by atoms with Gasteiger partial charge >= 0.3 is 0 Å². The molecule has 1 aliphatic rings. The van der Waals surface area contributed by atoms with E-state index in [1.165, 1.54) is 0 Å². The first kappa shape index (κ1) is 13.7. The summed E-state index contributed by atoms with van der Waals surface area (Å²) in [6.45, 7) is 0.520. The standard InChI is InChI=1S/C14H20N2O3/c1-18-12-6-10(8-17)2-3-11(12)19-9-14(4-5-14)7-13(15)16/h2-3,6,17H,4-5,7-9H2,1H3,(H3,15,16). The first-order valence-electron chi connectivity index (χ1n) is 6.32. The molecule has 0 heterocycles. The fourth-order valence-corrected chi connectivity index (χ4v) is 2.11. The third-order valence-corrected chi connectivity index (χ3v) is 3.47. The van der Waals surface area contributed by atoms with Gasteiger partial charge in [0.25, 0.3) is 0 Å². The van der Waals surface area contributed by atoms with Crippen LogP contribution in [0.15, 0.2) is 18.2 Å². The van der Waals surface area contributed by atoms with Crippen molar-refractivity contribution in [2.75, 3.05) is 13.7 Å². The summed E-state index contributed by atoms with van der Waals surface area (Å²) in [5, 5.41) is 16.5. The molecule has 0 radical (unpaired) electrons. The highest BCUT2D eigenvalue weighted by Crippen LogP contribution is 2.49. The molecule has 2 rings (SSSR count). The molecule has 4 N–H and O–H groups in total. The smallest absolute Gasteiger partial charge is 0.161 e. The van der Waals surface area contributed by atoms with E-state index in [2.05, 4.69) is 0 Å². The highest BCUT2D eigenvalue weighted by atomic mass is 16.5. The number of nitrogens with one attached hydrogen (secondary N) is 1. The van der Waals surface area contributed by atoms with E-state index in [9.17, 15) is 0 Å². The first-order valence-corrected chi connectivity index (χ1v) is 6.32. The maximum absolute atomic E-state index is 9.08. The summed E-state index contributed by atoms with van der Waals surface area (Å²) in [7, 11) is 1.58. The lowest BCUT2D eigenvalue weighted by atomic mass is 10.0. The molecule has 19 heavy (non-hydrogen) atoms. The van der Waals surface area contributed by atoms with Crippen LogP contribution in [0.2, 0.25) is 0 Å². The van der Waals surface area contributed by atoms with Crippen LogP contribution in [0.5, 0.6) is 11.5 Å². The van der Waals surface area contributed by atoms with E-state index in [-0.39, 0.29) is 17.9 Å². The van der Waals surface area contributed by atoms with E-state index < -0.39 is 0 Å². The Kier molecular flexibility index (Phi) is 3.95. The minimum absolute atomic E-state index is 0.0229. The van der Waals surface area contributed by atoms with Crippen molar-refractivity contribution in [3.05, 3.63) is 23.8 Å². The quantitative estimate of drug-likeness (QED) is 0.516. The van der Waals surface area contributed by atoms with Crippen LogP contribution in [0.1, 0.15) is 24.8 Å². The largest absolute Gasteiger partial charge is 0.493 e. The summed E-state index contributed by atoms with van der Waals surface area (Å²) in [4.78, 5) is 0. The van der Waals surface area contributed by atoms with Crippen molar-refractivity contribution in [2.45, 2.75) is 25.9 Å². The van der Waals surface area contributed by atoms with Gasteiger partial charge in [-0.15, -0.1) is 0 Å². The third-order valence-electron chi connectivity index (χ3n) is 3.47. The van der Waals surface area contributed by atoms with Gasteiger partial charge in [-0.3, -0.25) is 5.41 Å². The zero-order valence-electron chi connectivity index (χ0n) is 11.1. The second kappa shape index (κ2) is 5.48. The molecule has 0 atom stereocenters. The van der Waals surface area contributed by atoms with Crippen molar-refractivity contribution in [2.24, 2.45) is 11.1 Å².